The van der Waals surface area contributed by atoms with Gasteiger partial charge in [0.2, 0.25) is 11.8 Å². The zero-order valence-corrected chi connectivity index (χ0v) is 15.0. The average Bonchev–Trinajstić information content (AvgIpc) is 3.25. The summed E-state index contributed by atoms with van der Waals surface area (Å²) in [6, 6.07) is 29.2. The van der Waals surface area contributed by atoms with Crippen molar-refractivity contribution in [3.8, 4) is 0 Å². The Labute approximate surface area is 158 Å². The molecular weight excluding hydrogens is 334 g/mol. The van der Waals surface area contributed by atoms with Crippen LogP contribution in [0.1, 0.15) is 18.1 Å². The van der Waals surface area contributed by atoms with Crippen LogP contribution in [0.5, 0.6) is 0 Å². The molecule has 1 saturated carbocycles. The van der Waals surface area contributed by atoms with Crippen molar-refractivity contribution < 1.29 is 9.59 Å². The zero-order chi connectivity index (χ0) is 18.6. The fourth-order valence-corrected chi connectivity index (χ4v) is 5.13. The van der Waals surface area contributed by atoms with Gasteiger partial charge >= 0.3 is 0 Å². The number of nitrogens with zero attached hydrogens (tertiary/aromatic N) is 1. The van der Waals surface area contributed by atoms with Gasteiger partial charge in [-0.25, -0.2) is 4.90 Å². The molecule has 2 atom stereocenters. The van der Waals surface area contributed by atoms with Crippen LogP contribution in [-0.2, 0) is 15.0 Å². The van der Waals surface area contributed by atoms with Crippen LogP contribution < -0.4 is 4.90 Å². The molecule has 3 nitrogen and oxygen atoms in total. The lowest BCUT2D eigenvalue weighted by Gasteiger charge is -2.29. The molecule has 2 fully saturated rings. The minimum absolute atomic E-state index is 0.110. The van der Waals surface area contributed by atoms with Crippen LogP contribution in [0.15, 0.2) is 91.0 Å². The summed E-state index contributed by atoms with van der Waals surface area (Å²) >= 11 is 0. The third-order valence-electron chi connectivity index (χ3n) is 6.33. The Hall–Kier alpha value is -3.20. The van der Waals surface area contributed by atoms with Gasteiger partial charge in [-0.15, -0.1) is 0 Å². The first kappa shape index (κ1) is 16.0. The molecule has 27 heavy (non-hydrogen) atoms. The van der Waals surface area contributed by atoms with E-state index in [1.807, 2.05) is 97.9 Å². The first-order valence-corrected chi connectivity index (χ1v) is 9.18. The molecule has 2 amide bonds. The maximum Gasteiger partial charge on any atom is 0.241 e. The second kappa shape index (κ2) is 5.40. The molecule has 0 N–H and O–H groups in total. The summed E-state index contributed by atoms with van der Waals surface area (Å²) in [5.41, 5.74) is 1.32. The Kier molecular flexibility index (Phi) is 3.20. The number of rotatable bonds is 3. The summed E-state index contributed by atoms with van der Waals surface area (Å²) in [4.78, 5) is 28.3. The van der Waals surface area contributed by atoms with Crippen molar-refractivity contribution in [3.63, 3.8) is 0 Å². The topological polar surface area (TPSA) is 37.4 Å². The number of carbonyl (C=O) groups excluding carboxylic acids is 2. The van der Waals surface area contributed by atoms with E-state index < -0.39 is 10.8 Å². The zero-order valence-electron chi connectivity index (χ0n) is 15.0. The van der Waals surface area contributed by atoms with Crippen LogP contribution >= 0.6 is 0 Å². The van der Waals surface area contributed by atoms with Crippen LogP contribution in [0, 0.1) is 11.3 Å². The number of piperidine rings is 1. The largest absolute Gasteiger partial charge is 0.274 e. The van der Waals surface area contributed by atoms with E-state index in [9.17, 15) is 9.59 Å². The summed E-state index contributed by atoms with van der Waals surface area (Å²) in [5, 5.41) is 0. The van der Waals surface area contributed by atoms with Gasteiger partial charge < -0.3 is 0 Å². The Bertz CT molecular complexity index is 990. The van der Waals surface area contributed by atoms with E-state index in [1.54, 1.807) is 0 Å². The molecule has 0 bridgehead atoms. The van der Waals surface area contributed by atoms with E-state index in [2.05, 4.69) is 0 Å². The van der Waals surface area contributed by atoms with Crippen molar-refractivity contribution in [2.75, 3.05) is 4.90 Å². The normalized spacial score (nSPS) is 25.4. The van der Waals surface area contributed by atoms with Crippen molar-refractivity contribution in [2.24, 2.45) is 11.3 Å². The number of para-hydroxylation sites is 1. The van der Waals surface area contributed by atoms with E-state index in [0.29, 0.717) is 5.69 Å². The first-order valence-electron chi connectivity index (χ1n) is 9.18. The van der Waals surface area contributed by atoms with Crippen LogP contribution in [0.3, 0.4) is 0 Å². The minimum Gasteiger partial charge on any atom is -0.274 e. The molecule has 5 rings (SSSR count). The quantitative estimate of drug-likeness (QED) is 0.663. The van der Waals surface area contributed by atoms with Gasteiger partial charge in [0.25, 0.3) is 0 Å². The predicted octanol–water partition coefficient (Wildman–Crippen LogP) is 4.18. The van der Waals surface area contributed by atoms with E-state index in [-0.39, 0.29) is 17.7 Å². The Morgan fingerprint density at radius 1 is 0.704 bits per heavy atom. The number of imide groups is 1. The van der Waals surface area contributed by atoms with Crippen molar-refractivity contribution in [1.29, 1.82) is 0 Å². The summed E-state index contributed by atoms with van der Waals surface area (Å²) in [5.74, 6) is -0.611. The smallest absolute Gasteiger partial charge is 0.241 e. The number of carbonyl (C=O) groups is 2. The van der Waals surface area contributed by atoms with Crippen molar-refractivity contribution >= 4 is 17.5 Å². The molecule has 3 heteroatoms. The summed E-state index contributed by atoms with van der Waals surface area (Å²) < 4.78 is 0. The summed E-state index contributed by atoms with van der Waals surface area (Å²) in [6.45, 7) is 1.95. The highest BCUT2D eigenvalue weighted by Gasteiger charge is 2.86. The van der Waals surface area contributed by atoms with Gasteiger partial charge in [0.05, 0.1) is 17.0 Å². The number of fused-ring (bicyclic) bond motifs is 1. The lowest BCUT2D eigenvalue weighted by molar-refractivity contribution is -0.125. The number of hydrogen-bond donors (Lipinski definition) is 0. The highest BCUT2D eigenvalue weighted by Crippen LogP contribution is 2.76. The fourth-order valence-electron chi connectivity index (χ4n) is 5.13. The van der Waals surface area contributed by atoms with Crippen LogP contribution in [0.2, 0.25) is 0 Å². The monoisotopic (exact) mass is 353 g/mol. The molecule has 0 spiro atoms. The van der Waals surface area contributed by atoms with Crippen molar-refractivity contribution in [3.05, 3.63) is 102 Å². The maximum absolute atomic E-state index is 13.5. The number of benzene rings is 3. The van der Waals surface area contributed by atoms with Crippen molar-refractivity contribution in [2.45, 2.75) is 12.3 Å². The van der Waals surface area contributed by atoms with E-state index in [0.717, 1.165) is 11.1 Å². The summed E-state index contributed by atoms with van der Waals surface area (Å²) in [6.07, 6.45) is 0. The van der Waals surface area contributed by atoms with E-state index >= 15 is 0 Å². The number of amides is 2. The Balaban J connectivity index is 1.70. The standard InChI is InChI=1S/C24H19NO2/c1-23-20(21(26)25(22(23)27)19-15-9-4-10-16-19)24(23,17-11-5-2-6-12-17)18-13-7-3-8-14-18/h2-16,20H,1H3/t20-,23+/m1/s1. The molecule has 1 aliphatic carbocycles. The van der Waals surface area contributed by atoms with Gasteiger partial charge in [-0.1, -0.05) is 78.9 Å². The highest BCUT2D eigenvalue weighted by molar-refractivity contribution is 6.29. The predicted molar refractivity (Wildman–Crippen MR) is 104 cm³/mol. The SMILES string of the molecule is C[C@@]12C(=O)N(c3ccccc3)C(=O)[C@H]1C2(c1ccccc1)c1ccccc1. The summed E-state index contributed by atoms with van der Waals surface area (Å²) in [7, 11) is 0. The highest BCUT2D eigenvalue weighted by atomic mass is 16.2. The maximum atomic E-state index is 13.5. The van der Waals surface area contributed by atoms with Crippen molar-refractivity contribution in [1.82, 2.24) is 0 Å². The molecule has 0 unspecified atom stereocenters. The third kappa shape index (κ3) is 1.81. The third-order valence-corrected chi connectivity index (χ3v) is 6.33. The Morgan fingerprint density at radius 2 is 1.15 bits per heavy atom. The lowest BCUT2D eigenvalue weighted by atomic mass is 9.79. The molecule has 0 aromatic heterocycles. The molecule has 132 valence electrons. The molecule has 3 aromatic rings. The molecule has 1 aliphatic heterocycles. The fraction of sp³-hybridized carbons (Fsp3) is 0.167. The first-order chi connectivity index (χ1) is 13.1. The molecule has 0 radical (unpaired) electrons. The van der Waals surface area contributed by atoms with Gasteiger partial charge in [0, 0.05) is 5.41 Å². The van der Waals surface area contributed by atoms with E-state index in [1.165, 1.54) is 4.90 Å². The van der Waals surface area contributed by atoms with Gasteiger partial charge in [-0.05, 0) is 30.2 Å². The molecule has 1 saturated heterocycles. The second-order valence-corrected chi connectivity index (χ2v) is 7.49. The van der Waals surface area contributed by atoms with Gasteiger partial charge in [-0.3, -0.25) is 9.59 Å². The van der Waals surface area contributed by atoms with E-state index in [4.69, 9.17) is 0 Å². The lowest BCUT2D eigenvalue weighted by Crippen LogP contribution is -2.42. The molecule has 3 aromatic carbocycles. The molecule has 2 aliphatic rings. The second-order valence-electron chi connectivity index (χ2n) is 7.49. The molecule has 1 heterocycles. The average molecular weight is 353 g/mol. The minimum atomic E-state index is -0.775. The van der Waals surface area contributed by atoms with Gasteiger partial charge in [0.15, 0.2) is 0 Å². The van der Waals surface area contributed by atoms with Crippen LogP contribution in [0.4, 0.5) is 5.69 Å². The Morgan fingerprint density at radius 3 is 1.56 bits per heavy atom. The van der Waals surface area contributed by atoms with Gasteiger partial charge in [0.1, 0.15) is 0 Å². The van der Waals surface area contributed by atoms with Gasteiger partial charge in [-0.2, -0.15) is 0 Å². The molecular formula is C24H19NO2. The van der Waals surface area contributed by atoms with Crippen LogP contribution in [0.25, 0.3) is 0 Å². The van der Waals surface area contributed by atoms with Crippen LogP contribution in [-0.4, -0.2) is 11.8 Å². The number of anilines is 1. The number of hydrogen-bond acceptors (Lipinski definition) is 2.